The van der Waals surface area contributed by atoms with E-state index in [0.29, 0.717) is 18.3 Å². The zero-order chi connectivity index (χ0) is 22.0. The molecule has 166 valence electrons. The van der Waals surface area contributed by atoms with Crippen molar-refractivity contribution in [1.82, 2.24) is 0 Å². The van der Waals surface area contributed by atoms with Crippen LogP contribution >= 0.6 is 0 Å². The lowest BCUT2D eigenvalue weighted by Gasteiger charge is -2.59. The summed E-state index contributed by atoms with van der Waals surface area (Å²) in [6, 6.07) is 0. The van der Waals surface area contributed by atoms with Gasteiger partial charge in [-0.05, 0) is 81.8 Å². The molecule has 0 bridgehead atoms. The first-order chi connectivity index (χ1) is 14.0. The van der Waals surface area contributed by atoms with E-state index in [1.165, 1.54) is 12.5 Å². The smallest absolute Gasteiger partial charge is 0.302 e. The van der Waals surface area contributed by atoms with Gasteiger partial charge in [-0.3, -0.25) is 9.59 Å². The molecule has 4 aliphatic rings. The van der Waals surface area contributed by atoms with Gasteiger partial charge in [-0.15, -0.1) is 0 Å². The van der Waals surface area contributed by atoms with Gasteiger partial charge in [0.1, 0.15) is 6.10 Å². The lowest BCUT2D eigenvalue weighted by molar-refractivity contribution is -0.157. The molecular formula is C25H36O5. The van der Waals surface area contributed by atoms with E-state index in [2.05, 4.69) is 20.8 Å². The van der Waals surface area contributed by atoms with Gasteiger partial charge >= 0.3 is 5.97 Å². The summed E-state index contributed by atoms with van der Waals surface area (Å²) >= 11 is 0. The van der Waals surface area contributed by atoms with Crippen molar-refractivity contribution in [2.45, 2.75) is 85.0 Å². The van der Waals surface area contributed by atoms with Crippen LogP contribution in [0.25, 0.3) is 0 Å². The first kappa shape index (κ1) is 21.8. The van der Waals surface area contributed by atoms with E-state index in [0.717, 1.165) is 31.3 Å². The van der Waals surface area contributed by atoms with Crippen LogP contribution in [0.5, 0.6) is 0 Å². The van der Waals surface area contributed by atoms with E-state index >= 15 is 0 Å². The highest BCUT2D eigenvalue weighted by molar-refractivity contribution is 6.02. The van der Waals surface area contributed by atoms with Crippen LogP contribution < -0.4 is 0 Å². The van der Waals surface area contributed by atoms with E-state index in [9.17, 15) is 19.8 Å². The summed E-state index contributed by atoms with van der Waals surface area (Å²) in [7, 11) is 0. The summed E-state index contributed by atoms with van der Waals surface area (Å²) in [5.74, 6) is 0.642. The molecule has 0 aromatic carbocycles. The third kappa shape index (κ3) is 3.03. The van der Waals surface area contributed by atoms with E-state index in [4.69, 9.17) is 4.74 Å². The fraction of sp³-hybridized carbons (Fsp3) is 0.760. The number of ketones is 1. The van der Waals surface area contributed by atoms with Gasteiger partial charge in [-0.2, -0.15) is 0 Å². The van der Waals surface area contributed by atoms with Crippen LogP contribution in [0.3, 0.4) is 0 Å². The van der Waals surface area contributed by atoms with Gasteiger partial charge in [0.15, 0.2) is 5.78 Å². The lowest BCUT2D eigenvalue weighted by Crippen LogP contribution is -2.54. The average molecular weight is 417 g/mol. The standard InChI is InChI=1S/C25H36O5/c1-13-10-17(28)11-16-6-7-18-20(25(13,16)5)8-9-24(4)21(30-15(3)27)12-19(22(18)24)23(29)14(2)26/h10-11,14,18-23,26,29H,6-9,12H2,1-5H3/t14?,18-,19+,20+,21+,22-,23?,24-,25+/m1/s1. The fourth-order valence-corrected chi connectivity index (χ4v) is 7.79. The molecule has 0 heterocycles. The van der Waals surface area contributed by atoms with Gasteiger partial charge in [-0.1, -0.05) is 25.0 Å². The molecule has 0 saturated heterocycles. The van der Waals surface area contributed by atoms with Crippen molar-refractivity contribution in [3.8, 4) is 0 Å². The van der Waals surface area contributed by atoms with E-state index in [-0.39, 0.29) is 40.5 Å². The maximum Gasteiger partial charge on any atom is 0.302 e. The van der Waals surface area contributed by atoms with Crippen LogP contribution in [-0.4, -0.2) is 40.3 Å². The average Bonchev–Trinajstić information content (AvgIpc) is 2.94. The molecule has 0 aromatic heterocycles. The minimum absolute atomic E-state index is 0.0947. The molecule has 4 aliphatic carbocycles. The number of hydrogen-bond donors (Lipinski definition) is 2. The van der Waals surface area contributed by atoms with Crippen molar-refractivity contribution < 1.29 is 24.5 Å². The van der Waals surface area contributed by atoms with E-state index < -0.39 is 12.2 Å². The Morgan fingerprint density at radius 1 is 1.23 bits per heavy atom. The monoisotopic (exact) mass is 416 g/mol. The molecule has 2 unspecified atom stereocenters. The molecule has 9 atom stereocenters. The Morgan fingerprint density at radius 2 is 1.93 bits per heavy atom. The summed E-state index contributed by atoms with van der Waals surface area (Å²) in [4.78, 5) is 24.0. The number of hydrogen-bond acceptors (Lipinski definition) is 5. The van der Waals surface area contributed by atoms with Crippen molar-refractivity contribution in [3.63, 3.8) is 0 Å². The number of allylic oxidation sites excluding steroid dienone is 4. The van der Waals surface area contributed by atoms with Crippen LogP contribution in [0.15, 0.2) is 23.3 Å². The Hall–Kier alpha value is -1.46. The van der Waals surface area contributed by atoms with Crippen molar-refractivity contribution in [2.24, 2.45) is 34.5 Å². The summed E-state index contributed by atoms with van der Waals surface area (Å²) < 4.78 is 5.79. The molecule has 5 nitrogen and oxygen atoms in total. The molecule has 3 saturated carbocycles. The number of fused-ring (bicyclic) bond motifs is 5. The molecule has 0 amide bonds. The summed E-state index contributed by atoms with van der Waals surface area (Å²) in [5.41, 5.74) is 2.07. The quantitative estimate of drug-likeness (QED) is 0.687. The van der Waals surface area contributed by atoms with Crippen LogP contribution in [0.4, 0.5) is 0 Å². The number of aliphatic hydroxyl groups is 2. The molecule has 3 fully saturated rings. The third-order valence-corrected chi connectivity index (χ3v) is 9.31. The molecule has 0 aliphatic heterocycles. The molecule has 0 spiro atoms. The van der Waals surface area contributed by atoms with E-state index in [1.807, 2.05) is 6.08 Å². The highest BCUT2D eigenvalue weighted by atomic mass is 16.5. The zero-order valence-electron chi connectivity index (χ0n) is 18.9. The first-order valence-corrected chi connectivity index (χ1v) is 11.5. The van der Waals surface area contributed by atoms with Gasteiger partial charge in [0.2, 0.25) is 0 Å². The highest BCUT2D eigenvalue weighted by Crippen LogP contribution is 2.67. The second-order valence-corrected chi connectivity index (χ2v) is 10.7. The van der Waals surface area contributed by atoms with Gasteiger partial charge in [0.25, 0.3) is 0 Å². The second kappa shape index (κ2) is 7.30. The SMILES string of the molecule is CC(=O)O[C@H]1C[C@H](C(O)C(C)O)[C@H]2[C@@H]3CCC4=CC(=O)C=C(C)[C@]4(C)[C@H]3CC[C@@]21C. The topological polar surface area (TPSA) is 83.8 Å². The van der Waals surface area contributed by atoms with Gasteiger partial charge in [0, 0.05) is 17.8 Å². The van der Waals surface area contributed by atoms with Gasteiger partial charge in [-0.25, -0.2) is 0 Å². The summed E-state index contributed by atoms with van der Waals surface area (Å²) in [5, 5.41) is 21.2. The van der Waals surface area contributed by atoms with Crippen LogP contribution in [0.1, 0.15) is 66.7 Å². The number of rotatable bonds is 3. The maximum absolute atomic E-state index is 12.2. The summed E-state index contributed by atoms with van der Waals surface area (Å²) in [6.07, 6.45) is 6.15. The van der Waals surface area contributed by atoms with Crippen molar-refractivity contribution >= 4 is 11.8 Å². The third-order valence-electron chi connectivity index (χ3n) is 9.31. The predicted octanol–water partition coefficient (Wildman–Crippen LogP) is 3.58. The minimum Gasteiger partial charge on any atom is -0.462 e. The Labute approximate surface area is 179 Å². The number of carbonyl (C=O) groups is 2. The second-order valence-electron chi connectivity index (χ2n) is 10.7. The largest absolute Gasteiger partial charge is 0.462 e. The fourth-order valence-electron chi connectivity index (χ4n) is 7.79. The van der Waals surface area contributed by atoms with E-state index in [1.54, 1.807) is 13.0 Å². The Kier molecular flexibility index (Phi) is 5.30. The summed E-state index contributed by atoms with van der Waals surface area (Å²) in [6.45, 7) is 9.68. The van der Waals surface area contributed by atoms with Gasteiger partial charge in [0.05, 0.1) is 12.2 Å². The maximum atomic E-state index is 12.2. The highest BCUT2D eigenvalue weighted by Gasteiger charge is 2.64. The Balaban J connectivity index is 1.75. The number of esters is 1. The molecular weight excluding hydrogens is 380 g/mol. The normalized spacial score (nSPS) is 44.8. The van der Waals surface area contributed by atoms with Gasteiger partial charge < -0.3 is 14.9 Å². The first-order valence-electron chi connectivity index (χ1n) is 11.5. The molecule has 2 N–H and O–H groups in total. The van der Waals surface area contributed by atoms with Crippen molar-refractivity contribution in [1.29, 1.82) is 0 Å². The van der Waals surface area contributed by atoms with Crippen molar-refractivity contribution in [3.05, 3.63) is 23.3 Å². The molecule has 30 heavy (non-hydrogen) atoms. The lowest BCUT2D eigenvalue weighted by atomic mass is 9.46. The minimum atomic E-state index is -0.831. The Morgan fingerprint density at radius 3 is 2.57 bits per heavy atom. The predicted molar refractivity (Wildman–Crippen MR) is 113 cm³/mol. The Bertz CT molecular complexity index is 810. The van der Waals surface area contributed by atoms with Crippen LogP contribution in [0, 0.1) is 34.5 Å². The number of ether oxygens (including phenoxy) is 1. The molecule has 4 rings (SSSR count). The molecule has 0 radical (unpaired) electrons. The molecule has 5 heteroatoms. The number of carbonyl (C=O) groups excluding carboxylic acids is 2. The van der Waals surface area contributed by atoms with Crippen LogP contribution in [-0.2, 0) is 14.3 Å². The van der Waals surface area contributed by atoms with Crippen molar-refractivity contribution in [2.75, 3.05) is 0 Å². The molecule has 0 aromatic rings. The zero-order valence-corrected chi connectivity index (χ0v) is 18.9. The van der Waals surface area contributed by atoms with Crippen LogP contribution in [0.2, 0.25) is 0 Å². The number of aliphatic hydroxyl groups excluding tert-OH is 2.